The summed E-state index contributed by atoms with van der Waals surface area (Å²) in [6, 6.07) is 0. The van der Waals surface area contributed by atoms with Crippen molar-refractivity contribution in [3.05, 3.63) is 0 Å². The Hall–Kier alpha value is -0.200. The van der Waals surface area contributed by atoms with Crippen LogP contribution in [0.25, 0.3) is 0 Å². The second-order valence-electron chi connectivity index (χ2n) is 5.94. The molecular formula is C14H28N2O3. The van der Waals surface area contributed by atoms with E-state index in [-0.39, 0.29) is 6.10 Å². The number of morpholine rings is 1. The summed E-state index contributed by atoms with van der Waals surface area (Å²) in [5.74, 6) is 0. The van der Waals surface area contributed by atoms with Gasteiger partial charge in [-0.3, -0.25) is 4.90 Å². The van der Waals surface area contributed by atoms with Gasteiger partial charge in [0.15, 0.2) is 0 Å². The van der Waals surface area contributed by atoms with Gasteiger partial charge in [-0.15, -0.1) is 0 Å². The Morgan fingerprint density at radius 1 is 1.37 bits per heavy atom. The molecule has 112 valence electrons. The van der Waals surface area contributed by atoms with Crippen LogP contribution < -0.4 is 5.32 Å². The maximum atomic E-state index is 10.0. The van der Waals surface area contributed by atoms with E-state index in [1.165, 1.54) is 12.8 Å². The number of hydrogen-bond acceptors (Lipinski definition) is 5. The molecule has 0 aromatic carbocycles. The van der Waals surface area contributed by atoms with Gasteiger partial charge in [0.25, 0.3) is 0 Å². The summed E-state index contributed by atoms with van der Waals surface area (Å²) in [7, 11) is 1.76. The number of rotatable bonds is 9. The zero-order valence-corrected chi connectivity index (χ0v) is 12.1. The molecule has 5 heteroatoms. The third-order valence-corrected chi connectivity index (χ3v) is 4.25. The average molecular weight is 272 g/mol. The van der Waals surface area contributed by atoms with Crippen LogP contribution in [0.2, 0.25) is 0 Å². The van der Waals surface area contributed by atoms with E-state index in [0.717, 1.165) is 52.4 Å². The summed E-state index contributed by atoms with van der Waals surface area (Å²) in [6.45, 7) is 6.76. The smallest absolute Gasteiger partial charge is 0.0791 e. The molecule has 2 rings (SSSR count). The van der Waals surface area contributed by atoms with Crippen molar-refractivity contribution >= 4 is 0 Å². The topological polar surface area (TPSA) is 54.0 Å². The van der Waals surface area contributed by atoms with Gasteiger partial charge in [0.2, 0.25) is 0 Å². The van der Waals surface area contributed by atoms with Crippen molar-refractivity contribution in [1.82, 2.24) is 10.2 Å². The number of nitrogens with one attached hydrogen (secondary N) is 1. The highest BCUT2D eigenvalue weighted by Crippen LogP contribution is 2.48. The van der Waals surface area contributed by atoms with E-state index in [9.17, 15) is 5.11 Å². The maximum Gasteiger partial charge on any atom is 0.0791 e. The first-order valence-electron chi connectivity index (χ1n) is 7.42. The Labute approximate surface area is 116 Å². The van der Waals surface area contributed by atoms with Crippen molar-refractivity contribution in [3.63, 3.8) is 0 Å². The normalized spacial score (nSPS) is 24.3. The minimum absolute atomic E-state index is 0.281. The molecule has 0 spiro atoms. The highest BCUT2D eigenvalue weighted by Gasteiger charge is 2.41. The number of aliphatic hydroxyl groups is 1. The molecule has 2 N–H and O–H groups in total. The Kier molecular flexibility index (Phi) is 6.04. The van der Waals surface area contributed by atoms with Gasteiger partial charge in [0, 0.05) is 46.4 Å². The molecule has 19 heavy (non-hydrogen) atoms. The fourth-order valence-corrected chi connectivity index (χ4v) is 2.66. The third-order valence-electron chi connectivity index (χ3n) is 4.25. The van der Waals surface area contributed by atoms with Gasteiger partial charge in [-0.25, -0.2) is 0 Å². The molecule has 2 aliphatic rings. The van der Waals surface area contributed by atoms with E-state index in [1.807, 2.05) is 0 Å². The number of ether oxygens (including phenoxy) is 2. The molecule has 0 radical (unpaired) electrons. The van der Waals surface area contributed by atoms with Gasteiger partial charge in [0.05, 0.1) is 19.3 Å². The van der Waals surface area contributed by atoms with Crippen LogP contribution in [0, 0.1) is 5.41 Å². The highest BCUT2D eigenvalue weighted by atomic mass is 16.5. The van der Waals surface area contributed by atoms with E-state index < -0.39 is 0 Å². The van der Waals surface area contributed by atoms with E-state index in [1.54, 1.807) is 7.11 Å². The monoisotopic (exact) mass is 272 g/mol. The Morgan fingerprint density at radius 2 is 2.11 bits per heavy atom. The zero-order chi connectivity index (χ0) is 13.6. The molecule has 2 fully saturated rings. The van der Waals surface area contributed by atoms with Crippen LogP contribution in [-0.2, 0) is 9.47 Å². The van der Waals surface area contributed by atoms with Crippen LogP contribution in [0.3, 0.4) is 0 Å². The molecule has 1 aliphatic heterocycles. The van der Waals surface area contributed by atoms with Crippen LogP contribution in [0.5, 0.6) is 0 Å². The molecule has 1 saturated carbocycles. The lowest BCUT2D eigenvalue weighted by Crippen LogP contribution is -2.44. The number of methoxy groups -OCH3 is 1. The molecular weight excluding hydrogens is 244 g/mol. The first kappa shape index (κ1) is 15.2. The fraction of sp³-hybridized carbons (Fsp3) is 1.00. The zero-order valence-electron chi connectivity index (χ0n) is 12.1. The van der Waals surface area contributed by atoms with Gasteiger partial charge in [-0.2, -0.15) is 0 Å². The molecule has 0 bridgehead atoms. The molecule has 0 aromatic heterocycles. The van der Waals surface area contributed by atoms with Crippen molar-refractivity contribution in [2.45, 2.75) is 25.4 Å². The van der Waals surface area contributed by atoms with Gasteiger partial charge in [-0.05, 0) is 24.7 Å². The molecule has 1 aliphatic carbocycles. The van der Waals surface area contributed by atoms with E-state index in [4.69, 9.17) is 9.47 Å². The molecule has 0 aromatic rings. The SMILES string of the molecule is COCCC1(CNCC(O)CN2CCOCC2)CC1. The van der Waals surface area contributed by atoms with Gasteiger partial charge in [0.1, 0.15) is 0 Å². The lowest BCUT2D eigenvalue weighted by molar-refractivity contribution is 0.0147. The number of hydrogen-bond donors (Lipinski definition) is 2. The van der Waals surface area contributed by atoms with Crippen molar-refractivity contribution in [1.29, 1.82) is 0 Å². The summed E-state index contributed by atoms with van der Waals surface area (Å²) in [5, 5.41) is 13.4. The molecule has 1 unspecified atom stereocenters. The number of aliphatic hydroxyl groups excluding tert-OH is 1. The van der Waals surface area contributed by atoms with E-state index in [2.05, 4.69) is 10.2 Å². The second-order valence-corrected chi connectivity index (χ2v) is 5.94. The second kappa shape index (κ2) is 7.55. The van der Waals surface area contributed by atoms with Crippen molar-refractivity contribution < 1.29 is 14.6 Å². The minimum Gasteiger partial charge on any atom is -0.390 e. The Balaban J connectivity index is 1.54. The van der Waals surface area contributed by atoms with Crippen LogP contribution in [0.4, 0.5) is 0 Å². The first-order chi connectivity index (χ1) is 9.24. The van der Waals surface area contributed by atoms with Gasteiger partial charge >= 0.3 is 0 Å². The van der Waals surface area contributed by atoms with Gasteiger partial charge < -0.3 is 19.9 Å². The van der Waals surface area contributed by atoms with E-state index in [0.29, 0.717) is 12.0 Å². The van der Waals surface area contributed by atoms with Crippen molar-refractivity contribution in [2.24, 2.45) is 5.41 Å². The summed E-state index contributed by atoms with van der Waals surface area (Å²) in [5.41, 5.74) is 0.453. The quantitative estimate of drug-likeness (QED) is 0.623. The highest BCUT2D eigenvalue weighted by molar-refractivity contribution is 4.94. The largest absolute Gasteiger partial charge is 0.390 e. The van der Waals surface area contributed by atoms with E-state index >= 15 is 0 Å². The molecule has 5 nitrogen and oxygen atoms in total. The number of nitrogens with zero attached hydrogens (tertiary/aromatic N) is 1. The maximum absolute atomic E-state index is 10.0. The summed E-state index contributed by atoms with van der Waals surface area (Å²) < 4.78 is 10.5. The van der Waals surface area contributed by atoms with Crippen LogP contribution >= 0.6 is 0 Å². The molecule has 0 amide bonds. The predicted molar refractivity (Wildman–Crippen MR) is 74.3 cm³/mol. The average Bonchev–Trinajstić information content (AvgIpc) is 3.18. The molecule has 1 saturated heterocycles. The van der Waals surface area contributed by atoms with Crippen molar-refractivity contribution in [3.8, 4) is 0 Å². The first-order valence-corrected chi connectivity index (χ1v) is 7.42. The van der Waals surface area contributed by atoms with Crippen molar-refractivity contribution in [2.75, 3.05) is 59.7 Å². The lowest BCUT2D eigenvalue weighted by atomic mass is 10.0. The Bertz CT molecular complexity index is 253. The summed E-state index contributed by atoms with van der Waals surface area (Å²) in [4.78, 5) is 2.27. The standard InChI is InChI=1S/C14H28N2O3/c1-18-7-4-14(2-3-14)12-15-10-13(17)11-16-5-8-19-9-6-16/h13,15,17H,2-12H2,1H3. The summed E-state index contributed by atoms with van der Waals surface area (Å²) >= 11 is 0. The predicted octanol–water partition coefficient (Wildman–Crippen LogP) is 0.0858. The molecule has 1 atom stereocenters. The fourth-order valence-electron chi connectivity index (χ4n) is 2.66. The van der Waals surface area contributed by atoms with Gasteiger partial charge in [-0.1, -0.05) is 0 Å². The Morgan fingerprint density at radius 3 is 2.74 bits per heavy atom. The number of β-amino-alcohol motifs (C(OH)–C–C–N with tert-alkyl or cyclic N) is 1. The minimum atomic E-state index is -0.281. The van der Waals surface area contributed by atoms with Crippen LogP contribution in [-0.4, -0.2) is 75.8 Å². The van der Waals surface area contributed by atoms with Crippen LogP contribution in [0.15, 0.2) is 0 Å². The lowest BCUT2D eigenvalue weighted by Gasteiger charge is -2.28. The summed E-state index contributed by atoms with van der Waals surface area (Å²) in [6.07, 6.45) is 3.44. The molecule has 1 heterocycles. The van der Waals surface area contributed by atoms with Crippen LogP contribution in [0.1, 0.15) is 19.3 Å². The third kappa shape index (κ3) is 5.36.